The van der Waals surface area contributed by atoms with Gasteiger partial charge in [-0.05, 0) is 99.2 Å². The van der Waals surface area contributed by atoms with Gasteiger partial charge in [0.15, 0.2) is 0 Å². The zero-order chi connectivity index (χ0) is 21.0. The molecule has 4 aliphatic rings. The molecule has 4 rings (SSSR count). The van der Waals surface area contributed by atoms with E-state index < -0.39 is 5.60 Å². The third-order valence-electron chi connectivity index (χ3n) is 9.99. The number of fused-ring (bicyclic) bond motifs is 5. The Morgan fingerprint density at radius 1 is 1.07 bits per heavy atom. The van der Waals surface area contributed by atoms with Crippen LogP contribution in [0.15, 0.2) is 0 Å². The third kappa shape index (κ3) is 3.58. The maximum atomic E-state index is 13.0. The zero-order valence-electron chi connectivity index (χ0n) is 19.5. The highest BCUT2D eigenvalue weighted by atomic mass is 16.6. The lowest BCUT2D eigenvalue weighted by atomic mass is 9.65. The molecule has 4 aliphatic carbocycles. The monoisotopic (exact) mass is 404 g/mol. The average molecular weight is 405 g/mol. The minimum Gasteiger partial charge on any atom is -0.459 e. The molecular formula is C26H44O3. The molecule has 0 amide bonds. The van der Waals surface area contributed by atoms with Crippen LogP contribution >= 0.6 is 0 Å². The Labute approximate surface area is 178 Å². The number of carbonyl (C=O) groups excluding carboxylic acids is 1. The summed E-state index contributed by atoms with van der Waals surface area (Å²) in [5.41, 5.74) is -1.22. The molecule has 2 bridgehead atoms. The van der Waals surface area contributed by atoms with Crippen LogP contribution in [-0.2, 0) is 9.53 Å². The van der Waals surface area contributed by atoms with Crippen LogP contribution in [0.4, 0.5) is 0 Å². The smallest absolute Gasteiger partial charge is 0.309 e. The first-order chi connectivity index (χ1) is 13.7. The number of rotatable bonds is 7. The van der Waals surface area contributed by atoms with E-state index in [1.165, 1.54) is 25.7 Å². The average Bonchev–Trinajstić information content (AvgIpc) is 3.41. The van der Waals surface area contributed by atoms with E-state index >= 15 is 0 Å². The van der Waals surface area contributed by atoms with Crippen LogP contribution in [0.1, 0.15) is 98.8 Å². The van der Waals surface area contributed by atoms with Gasteiger partial charge in [-0.25, -0.2) is 0 Å². The van der Waals surface area contributed by atoms with E-state index in [0.29, 0.717) is 11.8 Å². The Balaban J connectivity index is 1.44. The van der Waals surface area contributed by atoms with Crippen molar-refractivity contribution in [1.82, 2.24) is 0 Å². The molecule has 8 atom stereocenters. The molecule has 0 aliphatic heterocycles. The molecule has 166 valence electrons. The quantitative estimate of drug-likeness (QED) is 0.531. The molecule has 0 spiro atoms. The topological polar surface area (TPSA) is 46.5 Å². The van der Waals surface area contributed by atoms with Gasteiger partial charge in [0, 0.05) is 0 Å². The second-order valence-electron chi connectivity index (χ2n) is 11.7. The van der Waals surface area contributed by atoms with Gasteiger partial charge in [0.05, 0.1) is 12.0 Å². The molecule has 1 N–H and O–H groups in total. The molecule has 8 unspecified atom stereocenters. The van der Waals surface area contributed by atoms with Crippen molar-refractivity contribution in [3.05, 3.63) is 0 Å². The van der Waals surface area contributed by atoms with E-state index in [1.54, 1.807) is 0 Å². The zero-order valence-corrected chi connectivity index (χ0v) is 19.5. The van der Waals surface area contributed by atoms with Gasteiger partial charge >= 0.3 is 5.97 Å². The second-order valence-corrected chi connectivity index (χ2v) is 11.7. The lowest BCUT2D eigenvalue weighted by Crippen LogP contribution is -2.46. The first-order valence-corrected chi connectivity index (χ1v) is 12.7. The summed E-state index contributed by atoms with van der Waals surface area (Å²) in [7, 11) is 0. The van der Waals surface area contributed by atoms with Crippen LogP contribution in [0.2, 0.25) is 0 Å². The molecule has 4 saturated carbocycles. The van der Waals surface area contributed by atoms with E-state index in [1.807, 2.05) is 6.92 Å². The Hall–Kier alpha value is -0.570. The molecule has 0 aromatic carbocycles. The van der Waals surface area contributed by atoms with E-state index in [0.717, 1.165) is 61.7 Å². The largest absolute Gasteiger partial charge is 0.459 e. The summed E-state index contributed by atoms with van der Waals surface area (Å²) in [6.45, 7) is 11.0. The fourth-order valence-corrected chi connectivity index (χ4v) is 8.57. The predicted molar refractivity (Wildman–Crippen MR) is 116 cm³/mol. The number of esters is 1. The highest BCUT2D eigenvalue weighted by Gasteiger charge is 2.62. The van der Waals surface area contributed by atoms with Gasteiger partial charge in [-0.1, -0.05) is 40.5 Å². The summed E-state index contributed by atoms with van der Waals surface area (Å²) in [4.78, 5) is 13.0. The summed E-state index contributed by atoms with van der Waals surface area (Å²) in [6, 6.07) is 0. The molecule has 0 radical (unpaired) electrons. The van der Waals surface area contributed by atoms with Crippen molar-refractivity contribution in [2.75, 3.05) is 0 Å². The van der Waals surface area contributed by atoms with Crippen molar-refractivity contribution < 1.29 is 14.6 Å². The van der Waals surface area contributed by atoms with Crippen LogP contribution in [0, 0.1) is 47.3 Å². The van der Waals surface area contributed by atoms with Crippen LogP contribution in [0.25, 0.3) is 0 Å². The maximum Gasteiger partial charge on any atom is 0.309 e. The summed E-state index contributed by atoms with van der Waals surface area (Å²) in [5, 5.41) is 11.5. The highest BCUT2D eigenvalue weighted by Crippen LogP contribution is 2.67. The van der Waals surface area contributed by atoms with E-state index in [-0.39, 0.29) is 23.9 Å². The fraction of sp³-hybridized carbons (Fsp3) is 0.962. The molecular weight excluding hydrogens is 360 g/mol. The molecule has 0 aromatic rings. The van der Waals surface area contributed by atoms with E-state index in [4.69, 9.17) is 4.74 Å². The minimum absolute atomic E-state index is 0.167. The van der Waals surface area contributed by atoms with E-state index in [2.05, 4.69) is 27.7 Å². The van der Waals surface area contributed by atoms with Crippen LogP contribution in [0.5, 0.6) is 0 Å². The van der Waals surface area contributed by atoms with Gasteiger partial charge in [0.25, 0.3) is 0 Å². The fourth-order valence-electron chi connectivity index (χ4n) is 8.57. The predicted octanol–water partition coefficient (Wildman–Crippen LogP) is 5.98. The summed E-state index contributed by atoms with van der Waals surface area (Å²) in [6.07, 6.45) is 10.8. The van der Waals surface area contributed by atoms with Crippen LogP contribution in [-0.4, -0.2) is 22.3 Å². The highest BCUT2D eigenvalue weighted by molar-refractivity contribution is 5.71. The van der Waals surface area contributed by atoms with Gasteiger partial charge in [-0.15, -0.1) is 0 Å². The van der Waals surface area contributed by atoms with Gasteiger partial charge in [-0.2, -0.15) is 0 Å². The molecule has 29 heavy (non-hydrogen) atoms. The van der Waals surface area contributed by atoms with Crippen molar-refractivity contribution in [3.63, 3.8) is 0 Å². The summed E-state index contributed by atoms with van der Waals surface area (Å²) >= 11 is 0. The summed E-state index contributed by atoms with van der Waals surface area (Å²) < 4.78 is 6.10. The van der Waals surface area contributed by atoms with Crippen molar-refractivity contribution in [3.8, 4) is 0 Å². The molecule has 0 saturated heterocycles. The number of carbonyl (C=O) groups is 1. The first kappa shape index (κ1) is 21.7. The summed E-state index contributed by atoms with van der Waals surface area (Å²) in [5.74, 6) is 5.22. The number of hydrogen-bond donors (Lipinski definition) is 1. The SMILES string of the molecule is CCC1CC(CC)C2C3CC(CC3C(C)(O)CC(=O)OC3(C(C)C)CCCC3)C12. The number of hydrogen-bond acceptors (Lipinski definition) is 3. The Morgan fingerprint density at radius 2 is 1.69 bits per heavy atom. The molecule has 0 heterocycles. The first-order valence-electron chi connectivity index (χ1n) is 12.7. The number of ether oxygens (including phenoxy) is 1. The maximum absolute atomic E-state index is 13.0. The van der Waals surface area contributed by atoms with Gasteiger partial charge in [-0.3, -0.25) is 4.79 Å². The Kier molecular flexibility index (Phi) is 5.86. The standard InChI is InChI=1S/C26H44O3/c1-6-17-12-18(7-2)24-20-13-19(23(17)24)14-21(20)25(5,28)15-22(27)29-26(16(3)4)10-8-9-11-26/h16-21,23-24,28H,6-15H2,1-5H3. The van der Waals surface area contributed by atoms with Crippen molar-refractivity contribution in [1.29, 1.82) is 0 Å². The van der Waals surface area contributed by atoms with Crippen molar-refractivity contribution in [2.24, 2.45) is 47.3 Å². The molecule has 0 aromatic heterocycles. The molecule has 3 heteroatoms. The van der Waals surface area contributed by atoms with Crippen molar-refractivity contribution in [2.45, 2.75) is 110 Å². The second kappa shape index (κ2) is 7.84. The lowest BCUT2D eigenvalue weighted by molar-refractivity contribution is -0.172. The minimum atomic E-state index is -0.930. The van der Waals surface area contributed by atoms with Gasteiger partial charge in [0.1, 0.15) is 5.60 Å². The van der Waals surface area contributed by atoms with Crippen LogP contribution in [0.3, 0.4) is 0 Å². The van der Waals surface area contributed by atoms with Crippen LogP contribution < -0.4 is 0 Å². The molecule has 3 nitrogen and oxygen atoms in total. The normalized spacial score (nSPS) is 42.2. The van der Waals surface area contributed by atoms with Crippen molar-refractivity contribution >= 4 is 5.97 Å². The third-order valence-corrected chi connectivity index (χ3v) is 9.99. The van der Waals surface area contributed by atoms with E-state index in [9.17, 15) is 9.90 Å². The number of aliphatic hydroxyl groups is 1. The molecule has 4 fully saturated rings. The van der Waals surface area contributed by atoms with Gasteiger partial charge in [0.2, 0.25) is 0 Å². The van der Waals surface area contributed by atoms with Gasteiger partial charge < -0.3 is 9.84 Å². The lowest BCUT2D eigenvalue weighted by Gasteiger charge is -2.42. The Bertz CT molecular complexity index is 603. The Morgan fingerprint density at radius 3 is 2.28 bits per heavy atom.